The molecule has 2 unspecified atom stereocenters. The maximum Gasteiger partial charge on any atom is 0.220 e. The summed E-state index contributed by atoms with van der Waals surface area (Å²) in [7, 11) is 0. The Morgan fingerprint density at radius 3 is 1.57 bits per heavy atom. The summed E-state index contributed by atoms with van der Waals surface area (Å²) < 4.78 is 0. The van der Waals surface area contributed by atoms with Crippen LogP contribution in [0.5, 0.6) is 0 Å². The smallest absolute Gasteiger partial charge is 0.220 e. The molecule has 0 aliphatic carbocycles. The molecule has 3 N–H and O–H groups in total. The van der Waals surface area contributed by atoms with E-state index in [4.69, 9.17) is 0 Å². The van der Waals surface area contributed by atoms with Gasteiger partial charge in [0.25, 0.3) is 0 Å². The topological polar surface area (TPSA) is 69.6 Å². The number of hydrogen-bond donors (Lipinski definition) is 3. The number of amides is 1. The number of aliphatic hydroxyl groups is 2. The summed E-state index contributed by atoms with van der Waals surface area (Å²) in [5, 5.41) is 22.9. The van der Waals surface area contributed by atoms with Crippen LogP contribution in [0.4, 0.5) is 0 Å². The van der Waals surface area contributed by atoms with Crippen molar-refractivity contribution in [2.45, 2.75) is 180 Å². The summed E-state index contributed by atoms with van der Waals surface area (Å²) in [5.74, 6) is -0.0487. The Hall–Kier alpha value is -1.39. The molecule has 0 fully saturated rings. The van der Waals surface area contributed by atoms with Crippen LogP contribution in [0.25, 0.3) is 0 Å². The first kappa shape index (κ1) is 38.6. The minimum Gasteiger partial charge on any atom is -0.394 e. The van der Waals surface area contributed by atoms with Gasteiger partial charge in [0.2, 0.25) is 5.91 Å². The second kappa shape index (κ2) is 32.1. The second-order valence-corrected chi connectivity index (χ2v) is 11.6. The summed E-state index contributed by atoms with van der Waals surface area (Å²) in [4.78, 5) is 12.3. The van der Waals surface area contributed by atoms with E-state index in [2.05, 4.69) is 55.6 Å². The molecule has 0 aliphatic heterocycles. The van der Waals surface area contributed by atoms with Crippen molar-refractivity contribution >= 4 is 5.91 Å². The van der Waals surface area contributed by atoms with E-state index in [1.807, 2.05) is 0 Å². The molecule has 0 radical (unpaired) electrons. The van der Waals surface area contributed by atoms with Gasteiger partial charge in [0.05, 0.1) is 18.8 Å². The van der Waals surface area contributed by atoms with Crippen LogP contribution in [0, 0.1) is 0 Å². The molecule has 4 nitrogen and oxygen atoms in total. The van der Waals surface area contributed by atoms with Gasteiger partial charge in [-0.25, -0.2) is 0 Å². The molecule has 4 heteroatoms. The van der Waals surface area contributed by atoms with E-state index < -0.39 is 12.1 Å². The van der Waals surface area contributed by atoms with Crippen LogP contribution in [-0.4, -0.2) is 34.9 Å². The highest BCUT2D eigenvalue weighted by Gasteiger charge is 2.19. The van der Waals surface area contributed by atoms with Gasteiger partial charge in [-0.3, -0.25) is 4.79 Å². The quantitative estimate of drug-likeness (QED) is 0.0603. The second-order valence-electron chi connectivity index (χ2n) is 11.6. The predicted molar refractivity (Wildman–Crippen MR) is 175 cm³/mol. The van der Waals surface area contributed by atoms with Crippen LogP contribution in [-0.2, 0) is 4.79 Å². The molecular weight excluding hydrogens is 494 g/mol. The first-order chi connectivity index (χ1) is 19.7. The van der Waals surface area contributed by atoms with E-state index in [1.54, 1.807) is 0 Å². The van der Waals surface area contributed by atoms with E-state index in [0.717, 1.165) is 51.4 Å². The monoisotopic (exact) mass is 562 g/mol. The van der Waals surface area contributed by atoms with E-state index in [0.29, 0.717) is 12.8 Å². The van der Waals surface area contributed by atoms with Crippen LogP contribution < -0.4 is 5.32 Å². The van der Waals surface area contributed by atoms with Crippen molar-refractivity contribution in [1.82, 2.24) is 5.32 Å². The fourth-order valence-electron chi connectivity index (χ4n) is 4.95. The van der Waals surface area contributed by atoms with Crippen molar-refractivity contribution < 1.29 is 15.0 Å². The number of carbonyl (C=O) groups is 1. The van der Waals surface area contributed by atoms with Gasteiger partial charge in [0.15, 0.2) is 0 Å². The lowest BCUT2D eigenvalue weighted by Gasteiger charge is -2.22. The van der Waals surface area contributed by atoms with E-state index in [9.17, 15) is 15.0 Å². The minimum atomic E-state index is -0.661. The Kier molecular flexibility index (Phi) is 31.0. The van der Waals surface area contributed by atoms with E-state index in [1.165, 1.54) is 89.9 Å². The molecule has 0 aliphatic rings. The fourth-order valence-corrected chi connectivity index (χ4v) is 4.95. The molecule has 0 saturated carbocycles. The van der Waals surface area contributed by atoms with Crippen LogP contribution in [0.1, 0.15) is 168 Å². The first-order valence-corrected chi connectivity index (χ1v) is 17.2. The molecule has 0 saturated heterocycles. The molecule has 0 aromatic heterocycles. The lowest BCUT2D eigenvalue weighted by Crippen LogP contribution is -2.45. The van der Waals surface area contributed by atoms with Crippen molar-refractivity contribution in [3.8, 4) is 0 Å². The third kappa shape index (κ3) is 28.1. The van der Waals surface area contributed by atoms with Crippen LogP contribution in [0.3, 0.4) is 0 Å². The van der Waals surface area contributed by atoms with E-state index in [-0.39, 0.29) is 12.5 Å². The van der Waals surface area contributed by atoms with Crippen LogP contribution in [0.2, 0.25) is 0 Å². The minimum absolute atomic E-state index is 0.0487. The molecule has 2 atom stereocenters. The van der Waals surface area contributed by atoms with Gasteiger partial charge >= 0.3 is 0 Å². The molecule has 0 aromatic carbocycles. The summed E-state index contributed by atoms with van der Waals surface area (Å²) in [6.07, 6.45) is 40.5. The summed E-state index contributed by atoms with van der Waals surface area (Å²) in [6.45, 7) is 4.28. The number of allylic oxidation sites excluding steroid dienone is 6. The summed E-state index contributed by atoms with van der Waals surface area (Å²) in [6, 6.07) is -0.540. The van der Waals surface area contributed by atoms with Crippen molar-refractivity contribution in [2.75, 3.05) is 6.61 Å². The Bertz CT molecular complexity index is 613. The molecule has 40 heavy (non-hydrogen) atoms. The number of unbranched alkanes of at least 4 members (excludes halogenated alkanes) is 17. The van der Waals surface area contributed by atoms with Gasteiger partial charge in [-0.1, -0.05) is 147 Å². The molecule has 0 spiro atoms. The number of hydrogen-bond acceptors (Lipinski definition) is 3. The third-order valence-corrected chi connectivity index (χ3v) is 7.65. The lowest BCUT2D eigenvalue weighted by molar-refractivity contribution is -0.123. The lowest BCUT2D eigenvalue weighted by atomic mass is 10.0. The normalized spacial score (nSPS) is 13.6. The molecule has 0 aromatic rings. The maximum absolute atomic E-state index is 12.3. The average Bonchev–Trinajstić information content (AvgIpc) is 2.96. The molecule has 234 valence electrons. The zero-order chi connectivity index (χ0) is 29.4. The van der Waals surface area contributed by atoms with Crippen molar-refractivity contribution in [2.24, 2.45) is 0 Å². The number of aliphatic hydroxyl groups excluding tert-OH is 2. The zero-order valence-corrected chi connectivity index (χ0v) is 26.6. The highest BCUT2D eigenvalue weighted by atomic mass is 16.3. The SMILES string of the molecule is CCCCC/C=C\C/C=C\C/C=C\CCCCCCCCC(=O)NC(CO)C(O)CCCCCCCCCCC. The van der Waals surface area contributed by atoms with Crippen LogP contribution in [0.15, 0.2) is 36.5 Å². The molecule has 0 heterocycles. The Morgan fingerprint density at radius 1 is 0.600 bits per heavy atom. The Labute approximate surface area is 249 Å². The summed E-state index contributed by atoms with van der Waals surface area (Å²) in [5.41, 5.74) is 0. The van der Waals surface area contributed by atoms with Gasteiger partial charge in [0, 0.05) is 6.42 Å². The highest BCUT2D eigenvalue weighted by Crippen LogP contribution is 2.13. The zero-order valence-electron chi connectivity index (χ0n) is 26.6. The third-order valence-electron chi connectivity index (χ3n) is 7.65. The van der Waals surface area contributed by atoms with Crippen molar-refractivity contribution in [1.29, 1.82) is 0 Å². The summed E-state index contributed by atoms with van der Waals surface area (Å²) >= 11 is 0. The van der Waals surface area contributed by atoms with Crippen LogP contribution >= 0.6 is 0 Å². The fraction of sp³-hybridized carbons (Fsp3) is 0.806. The molecular formula is C36H67NO3. The number of carbonyl (C=O) groups excluding carboxylic acids is 1. The molecule has 0 bridgehead atoms. The maximum atomic E-state index is 12.3. The Balaban J connectivity index is 3.62. The van der Waals surface area contributed by atoms with Gasteiger partial charge in [-0.05, 0) is 51.4 Å². The van der Waals surface area contributed by atoms with Crippen molar-refractivity contribution in [3.63, 3.8) is 0 Å². The average molecular weight is 562 g/mol. The van der Waals surface area contributed by atoms with Gasteiger partial charge in [-0.15, -0.1) is 0 Å². The van der Waals surface area contributed by atoms with Gasteiger partial charge in [0.1, 0.15) is 0 Å². The highest BCUT2D eigenvalue weighted by molar-refractivity contribution is 5.76. The van der Waals surface area contributed by atoms with Gasteiger partial charge < -0.3 is 15.5 Å². The predicted octanol–water partition coefficient (Wildman–Crippen LogP) is 9.90. The molecule has 1 amide bonds. The van der Waals surface area contributed by atoms with Gasteiger partial charge in [-0.2, -0.15) is 0 Å². The van der Waals surface area contributed by atoms with E-state index >= 15 is 0 Å². The number of rotatable bonds is 30. The first-order valence-electron chi connectivity index (χ1n) is 17.2. The Morgan fingerprint density at radius 2 is 1.02 bits per heavy atom. The van der Waals surface area contributed by atoms with Crippen molar-refractivity contribution in [3.05, 3.63) is 36.5 Å². The molecule has 0 rings (SSSR count). The standard InChI is InChI=1S/C36H67NO3/c1-3-5-7-9-11-13-14-15-16-17-18-19-20-21-22-24-26-28-30-32-36(40)37-34(33-38)35(39)31-29-27-25-23-12-10-8-6-4-2/h11,13,15-16,18-19,34-35,38-39H,3-10,12,14,17,20-33H2,1-2H3,(H,37,40)/b13-11-,16-15-,19-18-. The number of nitrogens with one attached hydrogen (secondary N) is 1. The largest absolute Gasteiger partial charge is 0.394 e.